The van der Waals surface area contributed by atoms with Crippen LogP contribution in [-0.2, 0) is 0 Å². The van der Waals surface area contributed by atoms with E-state index < -0.39 is 0 Å². The molecule has 4 heteroatoms. The van der Waals surface area contributed by atoms with Gasteiger partial charge in [-0.2, -0.15) is 0 Å². The topological polar surface area (TPSA) is 63.3 Å². The number of nitrogens with two attached hydrogens (primary N) is 1. The van der Waals surface area contributed by atoms with E-state index in [1.54, 1.807) is 6.20 Å². The molecule has 0 aromatic carbocycles. The third kappa shape index (κ3) is 4.29. The highest BCUT2D eigenvalue weighted by Gasteiger charge is 2.06. The second-order valence-corrected chi connectivity index (χ2v) is 4.24. The van der Waals surface area contributed by atoms with Crippen LogP contribution in [0.4, 0.5) is 0 Å². The van der Waals surface area contributed by atoms with Gasteiger partial charge in [-0.25, -0.2) is 0 Å². The van der Waals surface area contributed by atoms with Crippen LogP contribution < -0.4 is 11.1 Å². The number of nitrogens with one attached hydrogen (secondary N) is 1. The second-order valence-electron chi connectivity index (χ2n) is 4.24. The summed E-state index contributed by atoms with van der Waals surface area (Å²) in [5.74, 6) is 0.998. The van der Waals surface area contributed by atoms with Crippen LogP contribution in [0.5, 0.6) is 0 Å². The third-order valence-electron chi connectivity index (χ3n) is 2.12. The van der Waals surface area contributed by atoms with E-state index in [1.165, 1.54) is 0 Å². The van der Waals surface area contributed by atoms with E-state index in [4.69, 9.17) is 5.73 Å². The van der Waals surface area contributed by atoms with E-state index in [1.807, 2.05) is 25.1 Å². The first-order valence-corrected chi connectivity index (χ1v) is 5.57. The molecule has 1 aromatic heterocycles. The van der Waals surface area contributed by atoms with Gasteiger partial charge in [0.2, 0.25) is 0 Å². The summed E-state index contributed by atoms with van der Waals surface area (Å²) >= 11 is 0. The number of rotatable bonds is 4. The SMILES string of the molecule is CC(C)CN=C(N)NC(C)c1ccccn1. The second kappa shape index (κ2) is 6.10. The standard InChI is InChI=1S/C12H20N4/c1-9(2)8-15-12(13)16-10(3)11-6-4-5-7-14-11/h4-7,9-10H,8H2,1-3H3,(H3,13,15,16). The van der Waals surface area contributed by atoms with Crippen LogP contribution in [0.15, 0.2) is 29.4 Å². The number of aromatic nitrogens is 1. The first-order valence-electron chi connectivity index (χ1n) is 5.57. The number of hydrogen-bond donors (Lipinski definition) is 2. The molecule has 1 atom stereocenters. The van der Waals surface area contributed by atoms with Crippen LogP contribution in [0.2, 0.25) is 0 Å². The van der Waals surface area contributed by atoms with Crippen LogP contribution in [0.25, 0.3) is 0 Å². The van der Waals surface area contributed by atoms with E-state index in [9.17, 15) is 0 Å². The third-order valence-corrected chi connectivity index (χ3v) is 2.12. The smallest absolute Gasteiger partial charge is 0.189 e. The van der Waals surface area contributed by atoms with Crippen molar-refractivity contribution in [2.75, 3.05) is 6.54 Å². The summed E-state index contributed by atoms with van der Waals surface area (Å²) in [5.41, 5.74) is 6.73. The Morgan fingerprint density at radius 2 is 2.19 bits per heavy atom. The molecule has 0 aliphatic carbocycles. The summed E-state index contributed by atoms with van der Waals surface area (Å²) in [6.07, 6.45) is 1.77. The van der Waals surface area contributed by atoms with Crippen molar-refractivity contribution in [3.05, 3.63) is 30.1 Å². The van der Waals surface area contributed by atoms with E-state index in [-0.39, 0.29) is 6.04 Å². The summed E-state index contributed by atoms with van der Waals surface area (Å²) in [4.78, 5) is 8.50. The summed E-state index contributed by atoms with van der Waals surface area (Å²) < 4.78 is 0. The average molecular weight is 220 g/mol. The zero-order chi connectivity index (χ0) is 12.0. The van der Waals surface area contributed by atoms with Gasteiger partial charge < -0.3 is 11.1 Å². The van der Waals surface area contributed by atoms with Crippen molar-refractivity contribution >= 4 is 5.96 Å². The van der Waals surface area contributed by atoms with E-state index in [0.29, 0.717) is 11.9 Å². The van der Waals surface area contributed by atoms with E-state index in [0.717, 1.165) is 12.2 Å². The molecule has 1 rings (SSSR count). The van der Waals surface area contributed by atoms with Gasteiger partial charge in [-0.1, -0.05) is 19.9 Å². The molecule has 88 valence electrons. The highest BCUT2D eigenvalue weighted by atomic mass is 15.1. The van der Waals surface area contributed by atoms with Crippen molar-refractivity contribution < 1.29 is 0 Å². The molecular formula is C12H20N4. The minimum atomic E-state index is 0.0807. The van der Waals surface area contributed by atoms with Gasteiger partial charge in [0.15, 0.2) is 5.96 Å². The average Bonchev–Trinajstić information content (AvgIpc) is 2.27. The monoisotopic (exact) mass is 220 g/mol. The Labute approximate surface area is 97.0 Å². The Kier molecular flexibility index (Phi) is 4.76. The summed E-state index contributed by atoms with van der Waals surface area (Å²) in [6.45, 7) is 6.98. The lowest BCUT2D eigenvalue weighted by molar-refractivity contribution is 0.647. The normalized spacial score (nSPS) is 13.9. The van der Waals surface area contributed by atoms with Gasteiger partial charge in [0, 0.05) is 12.7 Å². The van der Waals surface area contributed by atoms with Gasteiger partial charge in [0.1, 0.15) is 0 Å². The Hall–Kier alpha value is -1.58. The fourth-order valence-corrected chi connectivity index (χ4v) is 1.25. The van der Waals surface area contributed by atoms with Crippen molar-refractivity contribution in [1.29, 1.82) is 0 Å². The Bertz CT molecular complexity index is 332. The molecule has 0 saturated carbocycles. The summed E-state index contributed by atoms with van der Waals surface area (Å²) in [7, 11) is 0. The predicted molar refractivity (Wildman–Crippen MR) is 67.1 cm³/mol. The molecule has 4 nitrogen and oxygen atoms in total. The zero-order valence-corrected chi connectivity index (χ0v) is 10.1. The van der Waals surface area contributed by atoms with Gasteiger partial charge in [0.05, 0.1) is 11.7 Å². The predicted octanol–water partition coefficient (Wildman–Crippen LogP) is 1.70. The molecule has 1 aromatic rings. The lowest BCUT2D eigenvalue weighted by Gasteiger charge is -2.14. The highest BCUT2D eigenvalue weighted by Crippen LogP contribution is 2.06. The van der Waals surface area contributed by atoms with Crippen molar-refractivity contribution in [3.63, 3.8) is 0 Å². The van der Waals surface area contributed by atoms with Gasteiger partial charge in [-0.15, -0.1) is 0 Å². The Morgan fingerprint density at radius 1 is 1.44 bits per heavy atom. The van der Waals surface area contributed by atoms with Crippen molar-refractivity contribution in [1.82, 2.24) is 10.3 Å². The quantitative estimate of drug-likeness (QED) is 0.599. The molecule has 1 unspecified atom stereocenters. The molecule has 0 amide bonds. The maximum absolute atomic E-state index is 5.77. The first kappa shape index (κ1) is 12.5. The molecule has 16 heavy (non-hydrogen) atoms. The van der Waals surface area contributed by atoms with Crippen LogP contribution in [0.1, 0.15) is 32.5 Å². The minimum absolute atomic E-state index is 0.0807. The van der Waals surface area contributed by atoms with E-state index in [2.05, 4.69) is 29.1 Å². The fourth-order valence-electron chi connectivity index (χ4n) is 1.25. The molecule has 1 heterocycles. The van der Waals surface area contributed by atoms with Crippen LogP contribution >= 0.6 is 0 Å². The number of aliphatic imine (C=N–C) groups is 1. The van der Waals surface area contributed by atoms with Crippen molar-refractivity contribution in [2.24, 2.45) is 16.6 Å². The molecule has 0 saturated heterocycles. The Balaban J connectivity index is 2.51. The molecule has 0 fully saturated rings. The van der Waals surface area contributed by atoms with Crippen LogP contribution in [-0.4, -0.2) is 17.5 Å². The lowest BCUT2D eigenvalue weighted by Crippen LogP contribution is -2.34. The van der Waals surface area contributed by atoms with Gasteiger partial charge >= 0.3 is 0 Å². The number of guanidine groups is 1. The molecule has 0 spiro atoms. The molecular weight excluding hydrogens is 200 g/mol. The number of hydrogen-bond acceptors (Lipinski definition) is 2. The molecule has 0 radical (unpaired) electrons. The maximum Gasteiger partial charge on any atom is 0.189 e. The summed E-state index contributed by atoms with van der Waals surface area (Å²) in [6, 6.07) is 5.90. The van der Waals surface area contributed by atoms with Crippen LogP contribution in [0.3, 0.4) is 0 Å². The maximum atomic E-state index is 5.77. The minimum Gasteiger partial charge on any atom is -0.370 e. The van der Waals surface area contributed by atoms with Gasteiger partial charge in [0.25, 0.3) is 0 Å². The lowest BCUT2D eigenvalue weighted by atomic mass is 10.2. The highest BCUT2D eigenvalue weighted by molar-refractivity contribution is 5.78. The van der Waals surface area contributed by atoms with Crippen LogP contribution in [0, 0.1) is 5.92 Å². The van der Waals surface area contributed by atoms with E-state index >= 15 is 0 Å². The molecule has 3 N–H and O–H groups in total. The fraction of sp³-hybridized carbons (Fsp3) is 0.500. The zero-order valence-electron chi connectivity index (χ0n) is 10.1. The largest absolute Gasteiger partial charge is 0.370 e. The first-order chi connectivity index (χ1) is 7.59. The molecule has 0 aliphatic heterocycles. The number of pyridine rings is 1. The Morgan fingerprint density at radius 3 is 2.75 bits per heavy atom. The van der Waals surface area contributed by atoms with Gasteiger partial charge in [-0.3, -0.25) is 9.98 Å². The van der Waals surface area contributed by atoms with Gasteiger partial charge in [-0.05, 0) is 25.0 Å². The molecule has 0 bridgehead atoms. The number of nitrogens with zero attached hydrogens (tertiary/aromatic N) is 2. The molecule has 0 aliphatic rings. The van der Waals surface area contributed by atoms with Crippen molar-refractivity contribution in [3.8, 4) is 0 Å². The summed E-state index contributed by atoms with van der Waals surface area (Å²) in [5, 5.41) is 3.12. The van der Waals surface area contributed by atoms with Crippen molar-refractivity contribution in [2.45, 2.75) is 26.8 Å².